The van der Waals surface area contributed by atoms with Crippen molar-refractivity contribution in [2.24, 2.45) is 11.1 Å². The molecule has 0 aromatic heterocycles. The molecule has 0 unspecified atom stereocenters. The van der Waals surface area contributed by atoms with Crippen molar-refractivity contribution in [1.29, 1.82) is 0 Å². The second-order valence-corrected chi connectivity index (χ2v) is 3.56. The average molecular weight is 163 g/mol. The van der Waals surface area contributed by atoms with Gasteiger partial charge in [0.1, 0.15) is 0 Å². The molecule has 1 rings (SSSR count). The summed E-state index contributed by atoms with van der Waals surface area (Å²) in [5.74, 6) is -0.0836. The molecule has 0 aromatic rings. The Kier molecular flexibility index (Phi) is 4.97. The van der Waals surface area contributed by atoms with Crippen molar-refractivity contribution in [1.82, 2.24) is 0 Å². The monoisotopic (exact) mass is 163 g/mol. The van der Waals surface area contributed by atoms with E-state index >= 15 is 0 Å². The Morgan fingerprint density at radius 2 is 1.92 bits per heavy atom. The molecule has 0 bridgehead atoms. The van der Waals surface area contributed by atoms with Crippen molar-refractivity contribution >= 4 is 5.91 Å². The third kappa shape index (κ3) is 2.28. The van der Waals surface area contributed by atoms with E-state index in [0.29, 0.717) is 0 Å². The molecule has 0 saturated heterocycles. The minimum absolute atomic E-state index is 0. The Labute approximate surface area is 87.9 Å². The molecule has 1 fully saturated rings. The Bertz CT molecular complexity index is 158. The van der Waals surface area contributed by atoms with Gasteiger partial charge in [0.15, 0.2) is 0 Å². The maximum Gasteiger partial charge on any atom is 1.00 e. The van der Waals surface area contributed by atoms with Crippen LogP contribution >= 0.6 is 0 Å². The molecule has 66 valence electrons. The van der Waals surface area contributed by atoms with E-state index in [1.165, 1.54) is 19.3 Å². The largest absolute Gasteiger partial charge is 1.00 e. The molecule has 0 spiro atoms. The van der Waals surface area contributed by atoms with E-state index in [1.54, 1.807) is 0 Å². The summed E-state index contributed by atoms with van der Waals surface area (Å²) in [6.45, 7) is 2.07. The maximum absolute atomic E-state index is 11.1. The van der Waals surface area contributed by atoms with E-state index < -0.39 is 0 Å². The van der Waals surface area contributed by atoms with E-state index in [2.05, 4.69) is 6.92 Å². The van der Waals surface area contributed by atoms with Gasteiger partial charge in [-0.25, -0.2) is 0 Å². The second-order valence-electron chi connectivity index (χ2n) is 3.56. The molecule has 1 aliphatic rings. The van der Waals surface area contributed by atoms with Gasteiger partial charge >= 0.3 is 18.9 Å². The van der Waals surface area contributed by atoms with E-state index in [-0.39, 0.29) is 31.6 Å². The standard InChI is InChI=1S/C9H17NO.Li.H/c1-2-9(8(10)11)6-4-3-5-7-9;;/h2-7H2,1H3,(H2,10,11);;/q;+1;-1. The predicted octanol–water partition coefficient (Wildman–Crippen LogP) is -1.05. The number of hydrogen-bond acceptors (Lipinski definition) is 1. The first-order valence-corrected chi connectivity index (χ1v) is 4.51. The first-order chi connectivity index (χ1) is 5.21. The Balaban J connectivity index is 0. The summed E-state index contributed by atoms with van der Waals surface area (Å²) in [5.41, 5.74) is 5.23. The van der Waals surface area contributed by atoms with Gasteiger partial charge in [0.05, 0.1) is 0 Å². The third-order valence-electron chi connectivity index (χ3n) is 3.01. The van der Waals surface area contributed by atoms with Gasteiger partial charge in [0, 0.05) is 5.41 Å². The minimum Gasteiger partial charge on any atom is -1.00 e. The summed E-state index contributed by atoms with van der Waals surface area (Å²) in [6, 6.07) is 0. The first kappa shape index (κ1) is 12.1. The SMILES string of the molecule is CCC1(C(N)=O)CCCCC1.[H-].[Li+]. The number of rotatable bonds is 2. The van der Waals surface area contributed by atoms with Gasteiger partial charge in [0.2, 0.25) is 5.91 Å². The third-order valence-corrected chi connectivity index (χ3v) is 3.01. The maximum atomic E-state index is 11.1. The molecule has 3 heteroatoms. The van der Waals surface area contributed by atoms with Crippen LogP contribution in [-0.2, 0) is 4.79 Å². The van der Waals surface area contributed by atoms with Gasteiger partial charge in [-0.2, -0.15) is 0 Å². The zero-order valence-corrected chi connectivity index (χ0v) is 8.23. The predicted molar refractivity (Wildman–Crippen MR) is 46.1 cm³/mol. The Morgan fingerprint density at radius 1 is 1.42 bits per heavy atom. The van der Waals surface area contributed by atoms with Gasteiger partial charge in [-0.3, -0.25) is 4.79 Å². The van der Waals surface area contributed by atoms with Crippen LogP contribution in [0.5, 0.6) is 0 Å². The summed E-state index contributed by atoms with van der Waals surface area (Å²) in [4.78, 5) is 11.1. The van der Waals surface area contributed by atoms with Crippen LogP contribution < -0.4 is 24.6 Å². The summed E-state index contributed by atoms with van der Waals surface area (Å²) >= 11 is 0. The van der Waals surface area contributed by atoms with Gasteiger partial charge in [0.25, 0.3) is 0 Å². The molecule has 12 heavy (non-hydrogen) atoms. The number of carbonyl (C=O) groups is 1. The fourth-order valence-corrected chi connectivity index (χ4v) is 2.00. The number of hydrogen-bond donors (Lipinski definition) is 1. The van der Waals surface area contributed by atoms with Crippen LogP contribution in [0.4, 0.5) is 0 Å². The molecule has 0 aliphatic heterocycles. The zero-order valence-electron chi connectivity index (χ0n) is 9.23. The van der Waals surface area contributed by atoms with Gasteiger partial charge in [-0.1, -0.05) is 26.2 Å². The Morgan fingerprint density at radius 3 is 2.17 bits per heavy atom. The van der Waals surface area contributed by atoms with E-state index in [4.69, 9.17) is 5.73 Å². The summed E-state index contributed by atoms with van der Waals surface area (Å²) in [7, 11) is 0. The topological polar surface area (TPSA) is 43.1 Å². The zero-order chi connectivity index (χ0) is 8.32. The molecule has 2 nitrogen and oxygen atoms in total. The minimum atomic E-state index is -0.141. The normalized spacial score (nSPS) is 21.1. The van der Waals surface area contributed by atoms with E-state index in [1.807, 2.05) is 0 Å². The fraction of sp³-hybridized carbons (Fsp3) is 0.889. The smallest absolute Gasteiger partial charge is 1.00 e. The second kappa shape index (κ2) is 4.94. The van der Waals surface area contributed by atoms with Crippen LogP contribution in [0.1, 0.15) is 46.9 Å². The molecule has 1 aliphatic carbocycles. The van der Waals surface area contributed by atoms with Gasteiger partial charge in [-0.05, 0) is 19.3 Å². The van der Waals surface area contributed by atoms with E-state index in [0.717, 1.165) is 19.3 Å². The van der Waals surface area contributed by atoms with Crippen LogP contribution in [0.25, 0.3) is 0 Å². The molecular formula is C9H18LiNO. The van der Waals surface area contributed by atoms with Crippen LogP contribution in [-0.4, -0.2) is 5.91 Å². The van der Waals surface area contributed by atoms with Crippen LogP contribution in [0, 0.1) is 5.41 Å². The quantitative estimate of drug-likeness (QED) is 0.518. The van der Waals surface area contributed by atoms with Gasteiger partial charge < -0.3 is 7.16 Å². The van der Waals surface area contributed by atoms with Gasteiger partial charge in [-0.15, -0.1) is 0 Å². The molecule has 0 aromatic carbocycles. The number of amides is 1. The van der Waals surface area contributed by atoms with Crippen molar-refractivity contribution in [2.75, 3.05) is 0 Å². The molecule has 2 N–H and O–H groups in total. The van der Waals surface area contributed by atoms with Crippen molar-refractivity contribution in [3.05, 3.63) is 0 Å². The van der Waals surface area contributed by atoms with Crippen molar-refractivity contribution in [3.8, 4) is 0 Å². The Hall–Kier alpha value is 0.0674. The fourth-order valence-electron chi connectivity index (χ4n) is 2.00. The van der Waals surface area contributed by atoms with Crippen LogP contribution in [0.2, 0.25) is 0 Å². The summed E-state index contributed by atoms with van der Waals surface area (Å²) in [5, 5.41) is 0. The molecule has 1 saturated carbocycles. The van der Waals surface area contributed by atoms with E-state index in [9.17, 15) is 4.79 Å². The molecular weight excluding hydrogens is 145 g/mol. The average Bonchev–Trinajstić information content (AvgIpc) is 2.05. The first-order valence-electron chi connectivity index (χ1n) is 4.51. The van der Waals surface area contributed by atoms with Crippen molar-refractivity contribution in [2.45, 2.75) is 45.4 Å². The van der Waals surface area contributed by atoms with Crippen LogP contribution in [0.15, 0.2) is 0 Å². The number of carbonyl (C=O) groups excluding carboxylic acids is 1. The van der Waals surface area contributed by atoms with Crippen LogP contribution in [0.3, 0.4) is 0 Å². The van der Waals surface area contributed by atoms with Crippen molar-refractivity contribution in [3.63, 3.8) is 0 Å². The molecule has 0 atom stereocenters. The number of nitrogens with two attached hydrogens (primary N) is 1. The summed E-state index contributed by atoms with van der Waals surface area (Å²) < 4.78 is 0. The summed E-state index contributed by atoms with van der Waals surface area (Å²) in [6.07, 6.45) is 6.57. The molecule has 1 amide bonds. The molecule has 0 heterocycles. The number of primary amides is 1. The van der Waals surface area contributed by atoms with Crippen molar-refractivity contribution < 1.29 is 25.1 Å². The molecule has 0 radical (unpaired) electrons.